The van der Waals surface area contributed by atoms with Crippen LogP contribution in [0.15, 0.2) is 71.6 Å². The molecule has 0 saturated heterocycles. The summed E-state index contributed by atoms with van der Waals surface area (Å²) in [6.45, 7) is 2.68. The highest BCUT2D eigenvalue weighted by molar-refractivity contribution is 7.92. The molecule has 10 heteroatoms. The number of hydrogen-bond acceptors (Lipinski definition) is 4. The largest absolute Gasteiger partial charge is 0.457 e. The molecule has 0 bridgehead atoms. The van der Waals surface area contributed by atoms with Gasteiger partial charge in [-0.1, -0.05) is 11.6 Å². The molecule has 0 aromatic heterocycles. The van der Waals surface area contributed by atoms with E-state index in [2.05, 4.69) is 0 Å². The third-order valence-electron chi connectivity index (χ3n) is 5.64. The van der Waals surface area contributed by atoms with Gasteiger partial charge >= 0.3 is 6.18 Å². The van der Waals surface area contributed by atoms with Gasteiger partial charge in [0.15, 0.2) is 15.6 Å². The van der Waals surface area contributed by atoms with Crippen LogP contribution in [0, 0.1) is 5.82 Å². The molecule has 0 unspecified atom stereocenters. The van der Waals surface area contributed by atoms with E-state index in [1.807, 2.05) is 0 Å². The van der Waals surface area contributed by atoms with Crippen LogP contribution in [0.3, 0.4) is 0 Å². The molecule has 0 fully saturated rings. The summed E-state index contributed by atoms with van der Waals surface area (Å²) in [4.78, 5) is 11.8. The Kier molecular flexibility index (Phi) is 8.15. The lowest BCUT2D eigenvalue weighted by Crippen LogP contribution is -2.32. The number of carbonyl (C=O) groups is 1. The second kappa shape index (κ2) is 10.6. The van der Waals surface area contributed by atoms with Crippen LogP contribution in [-0.4, -0.2) is 18.9 Å². The van der Waals surface area contributed by atoms with Crippen molar-refractivity contribution in [3.05, 3.63) is 88.7 Å². The van der Waals surface area contributed by atoms with Crippen molar-refractivity contribution in [3.63, 3.8) is 0 Å². The van der Waals surface area contributed by atoms with Gasteiger partial charge in [0.05, 0.1) is 15.2 Å². The molecule has 0 heterocycles. The molecule has 4 nitrogen and oxygen atoms in total. The fraction of sp³-hybridized carbons (Fsp3) is 0.269. The maximum Gasteiger partial charge on any atom is 0.416 e. The van der Waals surface area contributed by atoms with Crippen molar-refractivity contribution < 1.29 is 35.5 Å². The summed E-state index contributed by atoms with van der Waals surface area (Å²) in [5, 5.41) is 0.571. The van der Waals surface area contributed by atoms with Crippen molar-refractivity contribution in [2.45, 2.75) is 48.9 Å². The van der Waals surface area contributed by atoms with Gasteiger partial charge in [-0.3, -0.25) is 4.79 Å². The van der Waals surface area contributed by atoms with Crippen LogP contribution >= 0.6 is 11.6 Å². The Bertz CT molecular complexity index is 1330. The second-order valence-electron chi connectivity index (χ2n) is 8.79. The van der Waals surface area contributed by atoms with Gasteiger partial charge in [-0.05, 0) is 93.4 Å². The van der Waals surface area contributed by atoms with Crippen molar-refractivity contribution >= 4 is 27.2 Å². The smallest absolute Gasteiger partial charge is 0.416 e. The normalized spacial score (nSPS) is 12.4. The lowest BCUT2D eigenvalue weighted by Gasteiger charge is -2.25. The van der Waals surface area contributed by atoms with E-state index >= 15 is 0 Å². The van der Waals surface area contributed by atoms with Crippen molar-refractivity contribution in [2.75, 3.05) is 0 Å². The van der Waals surface area contributed by atoms with Crippen LogP contribution in [0.25, 0.3) is 0 Å². The predicted octanol–water partition coefficient (Wildman–Crippen LogP) is 7.90. The van der Waals surface area contributed by atoms with E-state index in [0.29, 0.717) is 34.2 Å². The Balaban J connectivity index is 1.63. The van der Waals surface area contributed by atoms with Crippen molar-refractivity contribution in [2.24, 2.45) is 0 Å². The third-order valence-corrected chi connectivity index (χ3v) is 8.41. The highest BCUT2D eigenvalue weighted by Crippen LogP contribution is 2.35. The molecule has 0 N–H and O–H groups in total. The molecule has 3 aromatic rings. The summed E-state index contributed by atoms with van der Waals surface area (Å²) in [7, 11) is -4.32. The lowest BCUT2D eigenvalue weighted by molar-refractivity contribution is -0.137. The molecule has 0 saturated carbocycles. The number of benzene rings is 3. The molecule has 0 radical (unpaired) electrons. The average Bonchev–Trinajstić information content (AvgIpc) is 2.80. The Labute approximate surface area is 211 Å². The molecule has 3 aromatic carbocycles. The van der Waals surface area contributed by atoms with E-state index in [-0.39, 0.29) is 31.1 Å². The Hall–Kier alpha value is -2.91. The Morgan fingerprint density at radius 2 is 1.47 bits per heavy atom. The first-order valence-electron chi connectivity index (χ1n) is 10.9. The Morgan fingerprint density at radius 3 is 2.03 bits per heavy atom. The van der Waals surface area contributed by atoms with Crippen LogP contribution < -0.4 is 4.74 Å². The van der Waals surface area contributed by atoms with Gasteiger partial charge in [0.2, 0.25) is 0 Å². The van der Waals surface area contributed by atoms with Gasteiger partial charge in [-0.15, -0.1) is 0 Å². The summed E-state index contributed by atoms with van der Waals surface area (Å²) in [5.41, 5.74) is -0.977. The molecule has 0 aliphatic rings. The number of rotatable bonds is 9. The molecule has 0 aliphatic carbocycles. The number of carbonyl (C=O) groups excluding carboxylic acids is 1. The van der Waals surface area contributed by atoms with E-state index < -0.39 is 37.0 Å². The van der Waals surface area contributed by atoms with Gasteiger partial charge in [-0.2, -0.15) is 13.2 Å². The maximum atomic E-state index is 13.8. The summed E-state index contributed by atoms with van der Waals surface area (Å²) < 4.78 is 83.0. The van der Waals surface area contributed by atoms with Crippen LogP contribution in [0.4, 0.5) is 17.6 Å². The minimum Gasteiger partial charge on any atom is -0.457 e. The topological polar surface area (TPSA) is 60.4 Å². The van der Waals surface area contributed by atoms with Crippen molar-refractivity contribution in [3.8, 4) is 11.5 Å². The SMILES string of the molecule is CC(C)(CCCC(=O)c1ccc(Oc2ccc(Cl)cc2)cc1)S(=O)(=O)c1cc(F)cc(C(F)(F)F)c1. The van der Waals surface area contributed by atoms with Gasteiger partial charge in [0, 0.05) is 17.0 Å². The van der Waals surface area contributed by atoms with Crippen LogP contribution in [0.5, 0.6) is 11.5 Å². The second-order valence-corrected chi connectivity index (χ2v) is 11.8. The van der Waals surface area contributed by atoms with Crippen molar-refractivity contribution in [1.82, 2.24) is 0 Å². The first kappa shape index (κ1) is 27.7. The minimum absolute atomic E-state index is 0.0172. The number of alkyl halides is 3. The highest BCUT2D eigenvalue weighted by atomic mass is 35.5. The van der Waals surface area contributed by atoms with Crippen LogP contribution in [0.2, 0.25) is 5.02 Å². The summed E-state index contributed by atoms with van der Waals surface area (Å²) in [5.74, 6) is -0.443. The molecular formula is C26H23ClF4O4S. The summed E-state index contributed by atoms with van der Waals surface area (Å²) in [6, 6.07) is 14.4. The number of ether oxygens (including phenoxy) is 1. The molecule has 0 atom stereocenters. The quantitative estimate of drug-likeness (QED) is 0.204. The Morgan fingerprint density at radius 1 is 0.917 bits per heavy atom. The van der Waals surface area contributed by atoms with Gasteiger partial charge in [0.25, 0.3) is 0 Å². The molecule has 3 rings (SSSR count). The van der Waals surface area contributed by atoms with Crippen LogP contribution in [-0.2, 0) is 16.0 Å². The minimum atomic E-state index is -4.89. The lowest BCUT2D eigenvalue weighted by atomic mass is 10.0. The van der Waals surface area contributed by atoms with Gasteiger partial charge in [0.1, 0.15) is 17.3 Å². The highest BCUT2D eigenvalue weighted by Gasteiger charge is 2.38. The molecule has 0 amide bonds. The number of ketones is 1. The molecule has 0 aliphatic heterocycles. The predicted molar refractivity (Wildman–Crippen MR) is 129 cm³/mol. The molecular weight excluding hydrogens is 520 g/mol. The number of Topliss-reactive ketones (excluding diaryl/α,β-unsaturated/α-hetero) is 1. The van der Waals surface area contributed by atoms with E-state index in [1.54, 1.807) is 48.5 Å². The first-order valence-corrected chi connectivity index (χ1v) is 12.7. The molecule has 192 valence electrons. The van der Waals surface area contributed by atoms with E-state index in [4.69, 9.17) is 16.3 Å². The number of hydrogen-bond donors (Lipinski definition) is 0. The van der Waals surface area contributed by atoms with E-state index in [1.165, 1.54) is 13.8 Å². The maximum absolute atomic E-state index is 13.8. The zero-order chi connectivity index (χ0) is 26.7. The van der Waals surface area contributed by atoms with Crippen LogP contribution in [0.1, 0.15) is 49.0 Å². The summed E-state index contributed by atoms with van der Waals surface area (Å²) >= 11 is 5.84. The van der Waals surface area contributed by atoms with E-state index in [0.717, 1.165) is 0 Å². The third kappa shape index (κ3) is 6.64. The number of halogens is 5. The average molecular weight is 543 g/mol. The monoisotopic (exact) mass is 542 g/mol. The van der Waals surface area contributed by atoms with E-state index in [9.17, 15) is 30.8 Å². The number of sulfone groups is 1. The standard InChI is InChI=1S/C26H23ClF4O4S/c1-25(2,36(33,34)23-15-18(26(29,30)31)14-20(28)16-23)13-3-4-24(32)17-5-9-21(10-6-17)35-22-11-7-19(27)8-12-22/h5-12,14-16H,3-4,13H2,1-2H3. The van der Waals surface area contributed by atoms with Gasteiger partial charge < -0.3 is 4.74 Å². The molecule has 36 heavy (non-hydrogen) atoms. The molecule has 0 spiro atoms. The zero-order valence-corrected chi connectivity index (χ0v) is 21.0. The van der Waals surface area contributed by atoms with Gasteiger partial charge in [-0.25, -0.2) is 12.8 Å². The first-order chi connectivity index (χ1) is 16.7. The summed E-state index contributed by atoms with van der Waals surface area (Å²) in [6.07, 6.45) is -4.72. The zero-order valence-electron chi connectivity index (χ0n) is 19.4. The fourth-order valence-electron chi connectivity index (χ4n) is 3.50. The van der Waals surface area contributed by atoms with Crippen molar-refractivity contribution in [1.29, 1.82) is 0 Å². The fourth-order valence-corrected chi connectivity index (χ4v) is 5.23.